The highest BCUT2D eigenvalue weighted by Gasteiger charge is 2.23. The van der Waals surface area contributed by atoms with Gasteiger partial charge >= 0.3 is 6.01 Å². The van der Waals surface area contributed by atoms with Crippen LogP contribution in [-0.2, 0) is 4.79 Å². The van der Waals surface area contributed by atoms with E-state index in [1.54, 1.807) is 17.2 Å². The summed E-state index contributed by atoms with van der Waals surface area (Å²) >= 11 is 0. The number of carbonyl (C=O) groups is 1. The second kappa shape index (κ2) is 9.59. The predicted molar refractivity (Wildman–Crippen MR) is 122 cm³/mol. The molecule has 9 nitrogen and oxygen atoms in total. The van der Waals surface area contributed by atoms with Crippen molar-refractivity contribution in [2.24, 2.45) is 0 Å². The Balaban J connectivity index is 1.33. The van der Waals surface area contributed by atoms with E-state index >= 15 is 0 Å². The van der Waals surface area contributed by atoms with E-state index < -0.39 is 0 Å². The van der Waals surface area contributed by atoms with Crippen molar-refractivity contribution in [3.63, 3.8) is 0 Å². The van der Waals surface area contributed by atoms with Gasteiger partial charge in [0.15, 0.2) is 6.61 Å². The molecular formula is C23H27N7O2. The van der Waals surface area contributed by atoms with E-state index in [2.05, 4.69) is 49.2 Å². The monoisotopic (exact) mass is 433 g/mol. The summed E-state index contributed by atoms with van der Waals surface area (Å²) in [5.41, 5.74) is 3.87. The molecule has 1 aliphatic rings. The molecule has 2 aromatic heterocycles. The topological polar surface area (TPSA) is 96.4 Å². The quantitative estimate of drug-likeness (QED) is 0.634. The number of rotatable bonds is 6. The third kappa shape index (κ3) is 5.48. The average molecular weight is 434 g/mol. The minimum atomic E-state index is -0.0818. The first-order valence-electron chi connectivity index (χ1n) is 10.6. The number of ether oxygens (including phenoxy) is 1. The summed E-state index contributed by atoms with van der Waals surface area (Å²) < 4.78 is 5.45. The SMILES string of the molecule is Cc1ccc(Nc2cc(C)nc(N3CCN(C(=O)COc4nccc(C)n4)CC3)n2)cc1. The van der Waals surface area contributed by atoms with E-state index in [1.165, 1.54) is 5.56 Å². The van der Waals surface area contributed by atoms with Crippen LogP contribution in [0.3, 0.4) is 0 Å². The lowest BCUT2D eigenvalue weighted by Gasteiger charge is -2.34. The Kier molecular flexibility index (Phi) is 6.44. The number of anilines is 3. The molecule has 1 fully saturated rings. The molecule has 0 atom stereocenters. The van der Waals surface area contributed by atoms with Crippen LogP contribution in [0.2, 0.25) is 0 Å². The molecule has 0 aliphatic carbocycles. The zero-order chi connectivity index (χ0) is 22.5. The van der Waals surface area contributed by atoms with E-state index in [-0.39, 0.29) is 18.5 Å². The van der Waals surface area contributed by atoms with Crippen molar-refractivity contribution in [2.75, 3.05) is 43.0 Å². The van der Waals surface area contributed by atoms with Gasteiger partial charge in [-0.05, 0) is 39.0 Å². The molecule has 166 valence electrons. The molecule has 1 saturated heterocycles. The number of benzene rings is 1. The van der Waals surface area contributed by atoms with Crippen molar-refractivity contribution in [2.45, 2.75) is 20.8 Å². The summed E-state index contributed by atoms with van der Waals surface area (Å²) in [5.74, 6) is 1.33. The van der Waals surface area contributed by atoms with Crippen LogP contribution in [0.4, 0.5) is 17.5 Å². The fraction of sp³-hybridized carbons (Fsp3) is 0.348. The normalized spacial score (nSPS) is 13.7. The highest BCUT2D eigenvalue weighted by molar-refractivity contribution is 5.78. The Morgan fingerprint density at radius 3 is 2.44 bits per heavy atom. The molecule has 4 rings (SSSR count). The Bertz CT molecular complexity index is 1080. The predicted octanol–water partition coefficient (Wildman–Crippen LogP) is 2.66. The number of aromatic nitrogens is 4. The summed E-state index contributed by atoms with van der Waals surface area (Å²) in [5, 5.41) is 3.34. The number of amides is 1. The zero-order valence-corrected chi connectivity index (χ0v) is 18.6. The van der Waals surface area contributed by atoms with Gasteiger partial charge in [-0.25, -0.2) is 15.0 Å². The standard InChI is InChI=1S/C23H27N7O2/c1-16-4-6-19(7-5-16)27-20-14-18(3)25-22(28-20)30-12-10-29(11-13-30)21(31)15-32-23-24-9-8-17(2)26-23/h4-9,14H,10-13,15H2,1-3H3,(H,25,27,28). The van der Waals surface area contributed by atoms with Gasteiger partial charge in [0.2, 0.25) is 5.95 Å². The van der Waals surface area contributed by atoms with Gasteiger partial charge in [0, 0.05) is 55.5 Å². The van der Waals surface area contributed by atoms with Gasteiger partial charge in [0.1, 0.15) is 5.82 Å². The fourth-order valence-electron chi connectivity index (χ4n) is 3.41. The molecule has 0 spiro atoms. The van der Waals surface area contributed by atoms with Gasteiger partial charge in [-0.1, -0.05) is 17.7 Å². The van der Waals surface area contributed by atoms with E-state index in [1.807, 2.05) is 32.0 Å². The van der Waals surface area contributed by atoms with Crippen LogP contribution in [0.15, 0.2) is 42.6 Å². The molecule has 1 aliphatic heterocycles. The Morgan fingerprint density at radius 1 is 0.969 bits per heavy atom. The number of piperazine rings is 1. The molecular weight excluding hydrogens is 406 g/mol. The number of nitrogens with one attached hydrogen (secondary N) is 1. The fourth-order valence-corrected chi connectivity index (χ4v) is 3.41. The summed E-state index contributed by atoms with van der Waals surface area (Å²) in [7, 11) is 0. The van der Waals surface area contributed by atoms with Crippen LogP contribution >= 0.6 is 0 Å². The van der Waals surface area contributed by atoms with Gasteiger partial charge in [0.25, 0.3) is 5.91 Å². The smallest absolute Gasteiger partial charge is 0.317 e. The number of hydrogen-bond donors (Lipinski definition) is 1. The summed E-state index contributed by atoms with van der Waals surface area (Å²) in [4.78, 5) is 33.9. The molecule has 0 bridgehead atoms. The maximum atomic E-state index is 12.5. The lowest BCUT2D eigenvalue weighted by molar-refractivity contribution is -0.133. The lowest BCUT2D eigenvalue weighted by Crippen LogP contribution is -2.50. The third-order valence-corrected chi connectivity index (χ3v) is 5.18. The molecule has 1 N–H and O–H groups in total. The van der Waals surface area contributed by atoms with E-state index in [9.17, 15) is 4.79 Å². The van der Waals surface area contributed by atoms with Crippen LogP contribution in [-0.4, -0.2) is 63.5 Å². The third-order valence-electron chi connectivity index (χ3n) is 5.18. The van der Waals surface area contributed by atoms with Crippen molar-refractivity contribution in [3.05, 3.63) is 59.5 Å². The van der Waals surface area contributed by atoms with E-state index in [0.717, 1.165) is 22.9 Å². The maximum absolute atomic E-state index is 12.5. The van der Waals surface area contributed by atoms with Crippen molar-refractivity contribution in [1.29, 1.82) is 0 Å². The minimum Gasteiger partial charge on any atom is -0.453 e. The van der Waals surface area contributed by atoms with Gasteiger partial charge < -0.3 is 19.9 Å². The molecule has 9 heteroatoms. The van der Waals surface area contributed by atoms with Gasteiger partial charge in [0.05, 0.1) is 0 Å². The molecule has 1 aromatic carbocycles. The molecule has 1 amide bonds. The highest BCUT2D eigenvalue weighted by atomic mass is 16.5. The number of hydrogen-bond acceptors (Lipinski definition) is 8. The summed E-state index contributed by atoms with van der Waals surface area (Å²) in [6.07, 6.45) is 1.62. The van der Waals surface area contributed by atoms with Crippen molar-refractivity contribution < 1.29 is 9.53 Å². The van der Waals surface area contributed by atoms with Crippen molar-refractivity contribution in [1.82, 2.24) is 24.8 Å². The molecule has 0 unspecified atom stereocenters. The molecule has 32 heavy (non-hydrogen) atoms. The Morgan fingerprint density at radius 2 is 1.72 bits per heavy atom. The number of nitrogens with zero attached hydrogens (tertiary/aromatic N) is 6. The van der Waals surface area contributed by atoms with Crippen molar-refractivity contribution in [3.8, 4) is 6.01 Å². The van der Waals surface area contributed by atoms with Crippen molar-refractivity contribution >= 4 is 23.4 Å². The van der Waals surface area contributed by atoms with Gasteiger partial charge in [-0.2, -0.15) is 4.98 Å². The first-order chi connectivity index (χ1) is 15.5. The van der Waals surface area contributed by atoms with Crippen LogP contribution in [0.25, 0.3) is 0 Å². The van der Waals surface area contributed by atoms with Crippen LogP contribution < -0.4 is 15.0 Å². The number of carbonyl (C=O) groups excluding carboxylic acids is 1. The largest absolute Gasteiger partial charge is 0.453 e. The van der Waals surface area contributed by atoms with Crippen LogP contribution in [0, 0.1) is 20.8 Å². The molecule has 0 saturated carbocycles. The zero-order valence-electron chi connectivity index (χ0n) is 18.6. The molecule has 3 aromatic rings. The second-order valence-electron chi connectivity index (χ2n) is 7.82. The highest BCUT2D eigenvalue weighted by Crippen LogP contribution is 2.20. The van der Waals surface area contributed by atoms with E-state index in [0.29, 0.717) is 32.1 Å². The van der Waals surface area contributed by atoms with Crippen LogP contribution in [0.5, 0.6) is 6.01 Å². The maximum Gasteiger partial charge on any atom is 0.317 e. The summed E-state index contributed by atoms with van der Waals surface area (Å²) in [6.45, 7) is 8.25. The second-order valence-corrected chi connectivity index (χ2v) is 7.82. The summed E-state index contributed by atoms with van der Waals surface area (Å²) in [6, 6.07) is 12.1. The average Bonchev–Trinajstić information content (AvgIpc) is 2.79. The number of aryl methyl sites for hydroxylation is 3. The Labute approximate surface area is 187 Å². The molecule has 0 radical (unpaired) electrons. The first kappa shape index (κ1) is 21.5. The van der Waals surface area contributed by atoms with Gasteiger partial charge in [-0.15, -0.1) is 0 Å². The minimum absolute atomic E-state index is 0.0744. The Hall–Kier alpha value is -3.75. The molecule has 3 heterocycles. The van der Waals surface area contributed by atoms with E-state index in [4.69, 9.17) is 4.74 Å². The van der Waals surface area contributed by atoms with Gasteiger partial charge in [-0.3, -0.25) is 4.79 Å². The lowest BCUT2D eigenvalue weighted by atomic mass is 10.2. The first-order valence-corrected chi connectivity index (χ1v) is 10.6. The van der Waals surface area contributed by atoms with Crippen LogP contribution in [0.1, 0.15) is 17.0 Å².